The molecule has 6 heteroatoms. The number of hydrogen-bond acceptors (Lipinski definition) is 4. The van der Waals surface area contributed by atoms with Gasteiger partial charge in [-0.2, -0.15) is 5.10 Å². The van der Waals surface area contributed by atoms with Crippen molar-refractivity contribution in [2.75, 3.05) is 6.61 Å². The van der Waals surface area contributed by atoms with E-state index in [0.717, 1.165) is 11.9 Å². The molecule has 0 saturated carbocycles. The third-order valence-electron chi connectivity index (χ3n) is 3.02. The quantitative estimate of drug-likeness (QED) is 0.812. The molecule has 1 aromatic carbocycles. The van der Waals surface area contributed by atoms with Crippen LogP contribution in [0.3, 0.4) is 0 Å². The number of benzene rings is 1. The van der Waals surface area contributed by atoms with Gasteiger partial charge >= 0.3 is 5.97 Å². The number of rotatable bonds is 5. The van der Waals surface area contributed by atoms with E-state index >= 15 is 0 Å². The van der Waals surface area contributed by atoms with Crippen molar-refractivity contribution in [2.24, 2.45) is 0 Å². The van der Waals surface area contributed by atoms with Gasteiger partial charge in [0.05, 0.1) is 5.52 Å². The van der Waals surface area contributed by atoms with Crippen LogP contribution >= 0.6 is 0 Å². The molecule has 2 rings (SSSR count). The second kappa shape index (κ2) is 6.18. The Morgan fingerprint density at radius 2 is 2.15 bits per heavy atom. The van der Waals surface area contributed by atoms with Gasteiger partial charge in [0, 0.05) is 11.4 Å². The number of para-hydroxylation sites is 1. The van der Waals surface area contributed by atoms with E-state index in [4.69, 9.17) is 4.74 Å². The van der Waals surface area contributed by atoms with E-state index in [9.17, 15) is 9.59 Å². The van der Waals surface area contributed by atoms with Crippen LogP contribution in [-0.4, -0.2) is 34.7 Å². The normalized spacial score (nSPS) is 12.1. The monoisotopic (exact) mass is 275 g/mol. The molecule has 0 aliphatic rings. The van der Waals surface area contributed by atoms with Gasteiger partial charge in [0.15, 0.2) is 12.3 Å². The molecule has 6 nitrogen and oxygen atoms in total. The number of aromatic nitrogens is 2. The predicted octanol–water partition coefficient (Wildman–Crippen LogP) is 1.63. The van der Waals surface area contributed by atoms with Crippen molar-refractivity contribution in [3.8, 4) is 0 Å². The number of amides is 1. The molecule has 1 atom stereocenters. The van der Waals surface area contributed by atoms with Gasteiger partial charge in [-0.25, -0.2) is 4.79 Å². The Balaban J connectivity index is 1.97. The van der Waals surface area contributed by atoms with Crippen LogP contribution in [0.2, 0.25) is 0 Å². The fourth-order valence-corrected chi connectivity index (χ4v) is 1.74. The number of nitrogens with one attached hydrogen (secondary N) is 2. The zero-order valence-electron chi connectivity index (χ0n) is 11.5. The van der Waals surface area contributed by atoms with Crippen LogP contribution < -0.4 is 5.32 Å². The van der Waals surface area contributed by atoms with E-state index < -0.39 is 5.97 Å². The highest BCUT2D eigenvalue weighted by molar-refractivity contribution is 6.02. The van der Waals surface area contributed by atoms with Gasteiger partial charge < -0.3 is 10.1 Å². The first-order chi connectivity index (χ1) is 9.61. The lowest BCUT2D eigenvalue weighted by molar-refractivity contribution is -0.124. The van der Waals surface area contributed by atoms with Gasteiger partial charge in [0.1, 0.15) is 0 Å². The Labute approximate surface area is 116 Å². The lowest BCUT2D eigenvalue weighted by atomic mass is 10.2. The van der Waals surface area contributed by atoms with Crippen molar-refractivity contribution in [1.29, 1.82) is 0 Å². The molecule has 0 radical (unpaired) electrons. The number of ether oxygens (including phenoxy) is 1. The molecule has 0 saturated heterocycles. The Bertz CT molecular complexity index is 621. The maximum Gasteiger partial charge on any atom is 0.359 e. The van der Waals surface area contributed by atoms with E-state index in [1.54, 1.807) is 6.07 Å². The van der Waals surface area contributed by atoms with Crippen molar-refractivity contribution >= 4 is 22.8 Å². The van der Waals surface area contributed by atoms with E-state index in [1.807, 2.05) is 32.0 Å². The summed E-state index contributed by atoms with van der Waals surface area (Å²) < 4.78 is 4.97. The minimum Gasteiger partial charge on any atom is -0.451 e. The second-order valence-electron chi connectivity index (χ2n) is 4.57. The van der Waals surface area contributed by atoms with Crippen molar-refractivity contribution in [3.05, 3.63) is 30.0 Å². The van der Waals surface area contributed by atoms with Crippen molar-refractivity contribution in [1.82, 2.24) is 15.5 Å². The van der Waals surface area contributed by atoms with E-state index in [0.29, 0.717) is 5.39 Å². The third kappa shape index (κ3) is 3.14. The first-order valence-corrected chi connectivity index (χ1v) is 6.51. The van der Waals surface area contributed by atoms with Gasteiger partial charge in [0.25, 0.3) is 5.91 Å². The van der Waals surface area contributed by atoms with Crippen molar-refractivity contribution < 1.29 is 14.3 Å². The second-order valence-corrected chi connectivity index (χ2v) is 4.57. The highest BCUT2D eigenvalue weighted by Crippen LogP contribution is 2.15. The fraction of sp³-hybridized carbons (Fsp3) is 0.357. The molecule has 1 amide bonds. The number of carbonyl (C=O) groups is 2. The number of hydrogen-bond donors (Lipinski definition) is 2. The number of nitrogens with zero attached hydrogens (tertiary/aromatic N) is 1. The minimum absolute atomic E-state index is 0.0624. The fourth-order valence-electron chi connectivity index (χ4n) is 1.74. The molecule has 0 bridgehead atoms. The summed E-state index contributed by atoms with van der Waals surface area (Å²) in [6.45, 7) is 3.55. The maximum absolute atomic E-state index is 11.9. The average molecular weight is 275 g/mol. The summed E-state index contributed by atoms with van der Waals surface area (Å²) >= 11 is 0. The molecule has 106 valence electrons. The predicted molar refractivity (Wildman–Crippen MR) is 74.3 cm³/mol. The molecular formula is C14H17N3O3. The van der Waals surface area contributed by atoms with E-state index in [1.165, 1.54) is 0 Å². The van der Waals surface area contributed by atoms with Crippen LogP contribution in [0.5, 0.6) is 0 Å². The standard InChI is InChI=1S/C14H17N3O3/c1-3-9(2)15-12(18)8-20-14(19)13-10-6-4-5-7-11(10)16-17-13/h4-7,9H,3,8H2,1-2H3,(H,15,18)(H,16,17). The number of carbonyl (C=O) groups excluding carboxylic acids is 2. The molecule has 1 unspecified atom stereocenters. The molecule has 20 heavy (non-hydrogen) atoms. The van der Waals surface area contributed by atoms with Gasteiger partial charge in [-0.05, 0) is 19.4 Å². The van der Waals surface area contributed by atoms with Crippen LogP contribution in [0.4, 0.5) is 0 Å². The van der Waals surface area contributed by atoms with E-state index in [-0.39, 0.29) is 24.2 Å². The van der Waals surface area contributed by atoms with Gasteiger partial charge in [0.2, 0.25) is 0 Å². The maximum atomic E-state index is 11.9. The molecule has 2 N–H and O–H groups in total. The Morgan fingerprint density at radius 3 is 2.90 bits per heavy atom. The number of fused-ring (bicyclic) bond motifs is 1. The molecule has 0 fully saturated rings. The summed E-state index contributed by atoms with van der Waals surface area (Å²) in [5, 5.41) is 10.1. The molecule has 1 heterocycles. The van der Waals surface area contributed by atoms with Gasteiger partial charge in [-0.3, -0.25) is 9.89 Å². The first kappa shape index (κ1) is 14.0. The smallest absolute Gasteiger partial charge is 0.359 e. The highest BCUT2D eigenvalue weighted by Gasteiger charge is 2.16. The molecule has 0 aliphatic carbocycles. The van der Waals surface area contributed by atoms with Crippen LogP contribution in [0.25, 0.3) is 10.9 Å². The minimum atomic E-state index is -0.609. The van der Waals surface area contributed by atoms with Crippen molar-refractivity contribution in [3.63, 3.8) is 0 Å². The molecule has 2 aromatic rings. The van der Waals surface area contributed by atoms with E-state index in [2.05, 4.69) is 15.5 Å². The van der Waals surface area contributed by atoms with Crippen LogP contribution in [0.1, 0.15) is 30.8 Å². The van der Waals surface area contributed by atoms with Gasteiger partial charge in [-0.1, -0.05) is 25.1 Å². The van der Waals surface area contributed by atoms with Crippen LogP contribution in [0, 0.1) is 0 Å². The zero-order chi connectivity index (χ0) is 14.5. The number of aromatic amines is 1. The molecule has 1 aromatic heterocycles. The average Bonchev–Trinajstić information content (AvgIpc) is 2.88. The van der Waals surface area contributed by atoms with Crippen LogP contribution in [0.15, 0.2) is 24.3 Å². The SMILES string of the molecule is CCC(C)NC(=O)COC(=O)c1n[nH]c2ccccc12. The topological polar surface area (TPSA) is 84.1 Å². The third-order valence-corrected chi connectivity index (χ3v) is 3.02. The Kier molecular flexibility index (Phi) is 4.34. The Hall–Kier alpha value is -2.37. The molecule has 0 spiro atoms. The summed E-state index contributed by atoms with van der Waals surface area (Å²) in [5.74, 6) is -0.922. The Morgan fingerprint density at radius 1 is 1.40 bits per heavy atom. The zero-order valence-corrected chi connectivity index (χ0v) is 11.5. The summed E-state index contributed by atoms with van der Waals surface area (Å²) in [4.78, 5) is 23.4. The summed E-state index contributed by atoms with van der Waals surface area (Å²) in [6.07, 6.45) is 0.823. The summed E-state index contributed by atoms with van der Waals surface area (Å²) in [7, 11) is 0. The molecule has 0 aliphatic heterocycles. The van der Waals surface area contributed by atoms with Crippen LogP contribution in [-0.2, 0) is 9.53 Å². The lowest BCUT2D eigenvalue weighted by Gasteiger charge is -2.10. The first-order valence-electron chi connectivity index (χ1n) is 6.51. The molecular weight excluding hydrogens is 258 g/mol. The summed E-state index contributed by atoms with van der Waals surface area (Å²) in [6, 6.07) is 7.30. The lowest BCUT2D eigenvalue weighted by Crippen LogP contribution is -2.35. The van der Waals surface area contributed by atoms with Crippen molar-refractivity contribution in [2.45, 2.75) is 26.3 Å². The van der Waals surface area contributed by atoms with Gasteiger partial charge in [-0.15, -0.1) is 0 Å². The highest BCUT2D eigenvalue weighted by atomic mass is 16.5. The largest absolute Gasteiger partial charge is 0.451 e. The summed E-state index contributed by atoms with van der Waals surface area (Å²) in [5.41, 5.74) is 0.945. The number of H-pyrrole nitrogens is 1. The number of esters is 1.